The van der Waals surface area contributed by atoms with Crippen LogP contribution in [-0.2, 0) is 11.2 Å². The Labute approximate surface area is 118 Å². The van der Waals surface area contributed by atoms with Crippen LogP contribution in [-0.4, -0.2) is 23.4 Å². The third kappa shape index (κ3) is 3.91. The lowest BCUT2D eigenvalue weighted by molar-refractivity contribution is -0.105. The normalized spacial score (nSPS) is 27.5. The lowest BCUT2D eigenvalue weighted by Crippen LogP contribution is -2.42. The second-order valence-electron chi connectivity index (χ2n) is 5.37. The van der Waals surface area contributed by atoms with Gasteiger partial charge in [-0.1, -0.05) is 31.0 Å². The maximum Gasteiger partial charge on any atom is 0.127 e. The number of ether oxygens (including phenoxy) is 1. The minimum atomic E-state index is -0.868. The van der Waals surface area contributed by atoms with E-state index in [1.165, 1.54) is 6.07 Å². The van der Waals surface area contributed by atoms with E-state index in [2.05, 4.69) is 6.92 Å². The van der Waals surface area contributed by atoms with Gasteiger partial charge in [0, 0.05) is 24.5 Å². The Hall–Kier alpha value is -0.640. The predicted octanol–water partition coefficient (Wildman–Crippen LogP) is 3.73. The summed E-state index contributed by atoms with van der Waals surface area (Å²) < 4.78 is 19.4. The van der Waals surface area contributed by atoms with E-state index in [9.17, 15) is 9.50 Å². The third-order valence-electron chi connectivity index (χ3n) is 3.67. The Morgan fingerprint density at radius 2 is 2.32 bits per heavy atom. The van der Waals surface area contributed by atoms with Crippen molar-refractivity contribution in [1.29, 1.82) is 0 Å². The summed E-state index contributed by atoms with van der Waals surface area (Å²) in [6.45, 7) is 2.63. The molecule has 2 unspecified atom stereocenters. The Kier molecular flexibility index (Phi) is 4.82. The fourth-order valence-electron chi connectivity index (χ4n) is 2.69. The number of hydrogen-bond acceptors (Lipinski definition) is 2. The van der Waals surface area contributed by atoms with Gasteiger partial charge in [-0.05, 0) is 30.5 Å². The van der Waals surface area contributed by atoms with Crippen LogP contribution in [0.3, 0.4) is 0 Å². The summed E-state index contributed by atoms with van der Waals surface area (Å²) in [4.78, 5) is 0. The first-order valence-electron chi connectivity index (χ1n) is 6.80. The van der Waals surface area contributed by atoms with E-state index in [0.717, 1.165) is 12.8 Å². The first-order chi connectivity index (χ1) is 9.02. The van der Waals surface area contributed by atoms with E-state index in [-0.39, 0.29) is 11.9 Å². The molecule has 1 heterocycles. The average molecular weight is 287 g/mol. The second-order valence-corrected chi connectivity index (χ2v) is 5.81. The van der Waals surface area contributed by atoms with E-state index >= 15 is 0 Å². The van der Waals surface area contributed by atoms with Gasteiger partial charge in [-0.3, -0.25) is 0 Å². The van der Waals surface area contributed by atoms with E-state index in [0.29, 0.717) is 36.5 Å². The van der Waals surface area contributed by atoms with Crippen LogP contribution in [0, 0.1) is 5.82 Å². The SMILES string of the molecule is CCCC1CC(O)(Cc2ccc(Cl)cc2F)CCO1. The number of hydrogen-bond donors (Lipinski definition) is 1. The van der Waals surface area contributed by atoms with E-state index < -0.39 is 5.60 Å². The van der Waals surface area contributed by atoms with Crippen molar-refractivity contribution in [3.8, 4) is 0 Å². The summed E-state index contributed by atoms with van der Waals surface area (Å²) in [6.07, 6.45) is 3.48. The van der Waals surface area contributed by atoms with Gasteiger partial charge in [0.2, 0.25) is 0 Å². The summed E-state index contributed by atoms with van der Waals surface area (Å²) in [7, 11) is 0. The molecule has 1 aromatic rings. The van der Waals surface area contributed by atoms with Crippen molar-refractivity contribution in [3.05, 3.63) is 34.6 Å². The minimum Gasteiger partial charge on any atom is -0.389 e. The monoisotopic (exact) mass is 286 g/mol. The van der Waals surface area contributed by atoms with Crippen LogP contribution < -0.4 is 0 Å². The molecule has 1 saturated heterocycles. The minimum absolute atomic E-state index is 0.0825. The Morgan fingerprint density at radius 3 is 3.00 bits per heavy atom. The molecule has 106 valence electrons. The maximum atomic E-state index is 13.8. The van der Waals surface area contributed by atoms with Gasteiger partial charge in [0.15, 0.2) is 0 Å². The molecular weight excluding hydrogens is 267 g/mol. The molecule has 2 rings (SSSR count). The highest BCUT2D eigenvalue weighted by Crippen LogP contribution is 2.31. The maximum absolute atomic E-state index is 13.8. The molecule has 1 fully saturated rings. The molecule has 0 saturated carbocycles. The fourth-order valence-corrected chi connectivity index (χ4v) is 2.85. The van der Waals surface area contributed by atoms with Crippen molar-refractivity contribution in [2.24, 2.45) is 0 Å². The molecule has 2 nitrogen and oxygen atoms in total. The van der Waals surface area contributed by atoms with Gasteiger partial charge >= 0.3 is 0 Å². The predicted molar refractivity (Wildman–Crippen MR) is 73.9 cm³/mol. The number of rotatable bonds is 4. The molecule has 0 radical (unpaired) electrons. The van der Waals surface area contributed by atoms with Crippen LogP contribution in [0.2, 0.25) is 5.02 Å². The van der Waals surface area contributed by atoms with Crippen molar-refractivity contribution in [3.63, 3.8) is 0 Å². The molecule has 1 aliphatic heterocycles. The zero-order valence-electron chi connectivity index (χ0n) is 11.2. The van der Waals surface area contributed by atoms with Gasteiger partial charge in [0.25, 0.3) is 0 Å². The molecule has 19 heavy (non-hydrogen) atoms. The average Bonchev–Trinajstić information content (AvgIpc) is 2.33. The highest BCUT2D eigenvalue weighted by molar-refractivity contribution is 6.30. The van der Waals surface area contributed by atoms with Crippen LogP contribution in [0.1, 0.15) is 38.2 Å². The Morgan fingerprint density at radius 1 is 1.53 bits per heavy atom. The number of halogens is 2. The first kappa shape index (κ1) is 14.8. The lowest BCUT2D eigenvalue weighted by Gasteiger charge is -2.37. The fraction of sp³-hybridized carbons (Fsp3) is 0.600. The summed E-state index contributed by atoms with van der Waals surface area (Å²) in [6, 6.07) is 4.61. The summed E-state index contributed by atoms with van der Waals surface area (Å²) in [5.74, 6) is -0.348. The molecule has 0 amide bonds. The highest BCUT2D eigenvalue weighted by Gasteiger charge is 2.35. The molecule has 1 aromatic carbocycles. The van der Waals surface area contributed by atoms with Gasteiger partial charge in [-0.15, -0.1) is 0 Å². The molecule has 1 N–H and O–H groups in total. The van der Waals surface area contributed by atoms with Gasteiger partial charge in [0.05, 0.1) is 11.7 Å². The van der Waals surface area contributed by atoms with Crippen LogP contribution in [0.5, 0.6) is 0 Å². The van der Waals surface area contributed by atoms with Crippen LogP contribution in [0.25, 0.3) is 0 Å². The first-order valence-corrected chi connectivity index (χ1v) is 7.18. The molecular formula is C15H20ClFO2. The standard InChI is InChI=1S/C15H20ClFO2/c1-2-3-13-10-15(18,6-7-19-13)9-11-4-5-12(16)8-14(11)17/h4-5,8,13,18H,2-3,6-7,9-10H2,1H3. The van der Waals surface area contributed by atoms with Crippen molar-refractivity contribution in [1.82, 2.24) is 0 Å². The molecule has 0 aliphatic carbocycles. The quantitative estimate of drug-likeness (QED) is 0.914. The Bertz CT molecular complexity index is 436. The number of benzene rings is 1. The van der Waals surface area contributed by atoms with E-state index in [1.54, 1.807) is 12.1 Å². The van der Waals surface area contributed by atoms with E-state index in [1.807, 2.05) is 0 Å². The van der Waals surface area contributed by atoms with Crippen molar-refractivity contribution in [2.75, 3.05) is 6.61 Å². The van der Waals surface area contributed by atoms with Crippen molar-refractivity contribution in [2.45, 2.75) is 50.7 Å². The zero-order valence-corrected chi connectivity index (χ0v) is 11.9. The van der Waals surface area contributed by atoms with Gasteiger partial charge in [0.1, 0.15) is 5.82 Å². The molecule has 0 bridgehead atoms. The topological polar surface area (TPSA) is 29.5 Å². The molecule has 0 spiro atoms. The van der Waals surface area contributed by atoms with Crippen LogP contribution in [0.15, 0.2) is 18.2 Å². The smallest absolute Gasteiger partial charge is 0.127 e. The number of aliphatic hydroxyl groups is 1. The summed E-state index contributed by atoms with van der Waals surface area (Å²) in [5, 5.41) is 11.0. The van der Waals surface area contributed by atoms with E-state index in [4.69, 9.17) is 16.3 Å². The summed E-state index contributed by atoms with van der Waals surface area (Å²) in [5.41, 5.74) is -0.351. The van der Waals surface area contributed by atoms with Crippen molar-refractivity contribution < 1.29 is 14.2 Å². The van der Waals surface area contributed by atoms with Gasteiger partial charge in [-0.25, -0.2) is 4.39 Å². The van der Waals surface area contributed by atoms with Gasteiger partial charge in [-0.2, -0.15) is 0 Å². The molecule has 2 atom stereocenters. The molecule has 4 heteroatoms. The molecule has 0 aromatic heterocycles. The third-order valence-corrected chi connectivity index (χ3v) is 3.91. The lowest BCUT2D eigenvalue weighted by atomic mass is 9.83. The summed E-state index contributed by atoms with van der Waals surface area (Å²) >= 11 is 5.74. The Balaban J connectivity index is 2.07. The van der Waals surface area contributed by atoms with Crippen molar-refractivity contribution >= 4 is 11.6 Å². The van der Waals surface area contributed by atoms with Gasteiger partial charge < -0.3 is 9.84 Å². The molecule has 1 aliphatic rings. The second kappa shape index (κ2) is 6.21. The zero-order chi connectivity index (χ0) is 13.9. The largest absolute Gasteiger partial charge is 0.389 e. The highest BCUT2D eigenvalue weighted by atomic mass is 35.5. The van der Waals surface area contributed by atoms with Crippen LogP contribution >= 0.6 is 11.6 Å². The van der Waals surface area contributed by atoms with Crippen LogP contribution in [0.4, 0.5) is 4.39 Å².